The largest absolute Gasteiger partial charge is 0.476 e. The van der Waals surface area contributed by atoms with Gasteiger partial charge in [-0.3, -0.25) is 4.79 Å². The highest BCUT2D eigenvalue weighted by molar-refractivity contribution is 5.95. The third-order valence-electron chi connectivity index (χ3n) is 4.99. The van der Waals surface area contributed by atoms with E-state index in [0.717, 1.165) is 12.8 Å². The van der Waals surface area contributed by atoms with E-state index in [1.807, 2.05) is 13.8 Å². The van der Waals surface area contributed by atoms with Gasteiger partial charge in [0.25, 0.3) is 11.8 Å². The molecule has 2 heterocycles. The SMILES string of the molecule is CCOC(=O)C(CC(C)C)NC(=O)c1ccc(N2CC(F)(F)C2)c(OCC2CC2)n1. The van der Waals surface area contributed by atoms with Gasteiger partial charge < -0.3 is 19.7 Å². The molecule has 1 atom stereocenters. The molecular formula is C21H29F2N3O4. The van der Waals surface area contributed by atoms with E-state index in [9.17, 15) is 18.4 Å². The standard InChI is InChI=1S/C21H29F2N3O4/c1-4-29-20(28)16(9-13(2)3)24-18(27)15-7-8-17(26-11-21(22,23)12-26)19(25-15)30-10-14-5-6-14/h7-8,13-14,16H,4-6,9-12H2,1-3H3,(H,24,27). The highest BCUT2D eigenvalue weighted by Crippen LogP contribution is 2.37. The third-order valence-corrected chi connectivity index (χ3v) is 4.99. The van der Waals surface area contributed by atoms with Crippen LogP contribution in [0.5, 0.6) is 5.88 Å². The van der Waals surface area contributed by atoms with Gasteiger partial charge >= 0.3 is 5.97 Å². The number of amides is 1. The topological polar surface area (TPSA) is 80.8 Å². The fraction of sp³-hybridized carbons (Fsp3) is 0.667. The van der Waals surface area contributed by atoms with Gasteiger partial charge in [0.15, 0.2) is 0 Å². The van der Waals surface area contributed by atoms with Crippen LogP contribution in [0, 0.1) is 11.8 Å². The maximum Gasteiger partial charge on any atom is 0.328 e. The molecule has 1 aromatic rings. The van der Waals surface area contributed by atoms with Gasteiger partial charge in [0, 0.05) is 0 Å². The second kappa shape index (κ2) is 9.14. The number of alkyl halides is 2. The highest BCUT2D eigenvalue weighted by Gasteiger charge is 2.45. The van der Waals surface area contributed by atoms with E-state index >= 15 is 0 Å². The number of hydrogen-bond donors (Lipinski definition) is 1. The molecule has 1 aliphatic heterocycles. The molecule has 1 aromatic heterocycles. The molecule has 0 bridgehead atoms. The number of aromatic nitrogens is 1. The van der Waals surface area contributed by atoms with Gasteiger partial charge in [0.2, 0.25) is 5.88 Å². The van der Waals surface area contributed by atoms with E-state index in [4.69, 9.17) is 9.47 Å². The van der Waals surface area contributed by atoms with Crippen LogP contribution in [0.4, 0.5) is 14.5 Å². The fourth-order valence-corrected chi connectivity index (χ4v) is 3.23. The van der Waals surface area contributed by atoms with Crippen LogP contribution in [-0.4, -0.2) is 55.1 Å². The van der Waals surface area contributed by atoms with Crippen LogP contribution in [0.1, 0.15) is 50.5 Å². The minimum atomic E-state index is -2.73. The van der Waals surface area contributed by atoms with Gasteiger partial charge in [0.1, 0.15) is 17.4 Å². The van der Waals surface area contributed by atoms with Gasteiger partial charge in [-0.1, -0.05) is 13.8 Å². The summed E-state index contributed by atoms with van der Waals surface area (Å²) in [5, 5.41) is 2.68. The lowest BCUT2D eigenvalue weighted by atomic mass is 10.0. The normalized spacial score (nSPS) is 18.5. The molecule has 0 spiro atoms. The average Bonchev–Trinajstić information content (AvgIpc) is 3.48. The number of hydrogen-bond acceptors (Lipinski definition) is 6. The van der Waals surface area contributed by atoms with E-state index in [1.165, 1.54) is 11.0 Å². The number of halogens is 2. The molecule has 30 heavy (non-hydrogen) atoms. The summed E-state index contributed by atoms with van der Waals surface area (Å²) in [6, 6.07) is 2.24. The van der Waals surface area contributed by atoms with Crippen LogP contribution in [0.3, 0.4) is 0 Å². The maximum absolute atomic E-state index is 13.3. The first-order valence-corrected chi connectivity index (χ1v) is 10.4. The lowest BCUT2D eigenvalue weighted by Gasteiger charge is -2.40. The monoisotopic (exact) mass is 425 g/mol. The van der Waals surface area contributed by atoms with Crippen LogP contribution in [0.2, 0.25) is 0 Å². The molecule has 2 aliphatic rings. The average molecular weight is 425 g/mol. The van der Waals surface area contributed by atoms with Gasteiger partial charge in [0.05, 0.1) is 26.3 Å². The van der Waals surface area contributed by atoms with Crippen molar-refractivity contribution in [3.8, 4) is 5.88 Å². The molecule has 9 heteroatoms. The summed E-state index contributed by atoms with van der Waals surface area (Å²) in [5.41, 5.74) is 0.511. The molecule has 1 saturated heterocycles. The summed E-state index contributed by atoms with van der Waals surface area (Å²) in [7, 11) is 0. The van der Waals surface area contributed by atoms with E-state index in [2.05, 4.69) is 10.3 Å². The minimum Gasteiger partial charge on any atom is -0.476 e. The lowest BCUT2D eigenvalue weighted by Crippen LogP contribution is -2.56. The van der Waals surface area contributed by atoms with Crippen molar-refractivity contribution in [1.29, 1.82) is 0 Å². The van der Waals surface area contributed by atoms with E-state index in [1.54, 1.807) is 13.0 Å². The molecule has 1 unspecified atom stereocenters. The number of carbonyl (C=O) groups excluding carboxylic acids is 2. The quantitative estimate of drug-likeness (QED) is 0.581. The van der Waals surface area contributed by atoms with E-state index in [0.29, 0.717) is 24.6 Å². The van der Waals surface area contributed by atoms with Gasteiger partial charge in [-0.2, -0.15) is 0 Å². The van der Waals surface area contributed by atoms with Crippen molar-refractivity contribution in [1.82, 2.24) is 10.3 Å². The van der Waals surface area contributed by atoms with Crippen molar-refractivity contribution in [3.63, 3.8) is 0 Å². The Morgan fingerprint density at radius 3 is 2.57 bits per heavy atom. The fourth-order valence-electron chi connectivity index (χ4n) is 3.23. The molecule has 1 N–H and O–H groups in total. The highest BCUT2D eigenvalue weighted by atomic mass is 19.3. The second-order valence-electron chi connectivity index (χ2n) is 8.39. The number of ether oxygens (including phenoxy) is 2. The summed E-state index contributed by atoms with van der Waals surface area (Å²) < 4.78 is 37.4. The molecule has 1 saturated carbocycles. The van der Waals surface area contributed by atoms with Crippen LogP contribution in [0.25, 0.3) is 0 Å². The second-order valence-corrected chi connectivity index (χ2v) is 8.39. The predicted molar refractivity (Wildman–Crippen MR) is 107 cm³/mol. The molecule has 1 amide bonds. The van der Waals surface area contributed by atoms with Gasteiger partial charge in [-0.05, 0) is 50.2 Å². The van der Waals surface area contributed by atoms with Crippen molar-refractivity contribution >= 4 is 17.6 Å². The number of carbonyl (C=O) groups is 2. The van der Waals surface area contributed by atoms with Crippen LogP contribution < -0.4 is 15.0 Å². The Kier molecular flexibility index (Phi) is 6.77. The summed E-state index contributed by atoms with van der Waals surface area (Å²) in [5.74, 6) is -2.99. The summed E-state index contributed by atoms with van der Waals surface area (Å²) in [4.78, 5) is 30.7. The maximum atomic E-state index is 13.3. The Balaban J connectivity index is 1.75. The number of nitrogens with zero attached hydrogens (tertiary/aromatic N) is 2. The Morgan fingerprint density at radius 2 is 2.00 bits per heavy atom. The van der Waals surface area contributed by atoms with Crippen LogP contribution in [-0.2, 0) is 9.53 Å². The number of anilines is 1. The smallest absolute Gasteiger partial charge is 0.328 e. The Hall–Kier alpha value is -2.45. The first-order valence-electron chi connectivity index (χ1n) is 10.4. The van der Waals surface area contributed by atoms with Crippen molar-refractivity contribution in [2.24, 2.45) is 11.8 Å². The summed E-state index contributed by atoms with van der Waals surface area (Å²) in [6.45, 7) is 5.44. The zero-order valence-corrected chi connectivity index (χ0v) is 17.6. The van der Waals surface area contributed by atoms with Crippen molar-refractivity contribution in [2.45, 2.75) is 52.0 Å². The number of pyridine rings is 1. The predicted octanol–water partition coefficient (Wildman–Crippen LogP) is 3.03. The van der Waals surface area contributed by atoms with Crippen LogP contribution >= 0.6 is 0 Å². The zero-order chi connectivity index (χ0) is 21.9. The van der Waals surface area contributed by atoms with Gasteiger partial charge in [-0.15, -0.1) is 0 Å². The Bertz CT molecular complexity index is 776. The van der Waals surface area contributed by atoms with E-state index < -0.39 is 36.9 Å². The van der Waals surface area contributed by atoms with Crippen molar-refractivity contribution < 1.29 is 27.8 Å². The zero-order valence-electron chi connectivity index (χ0n) is 17.6. The molecule has 0 aromatic carbocycles. The summed E-state index contributed by atoms with van der Waals surface area (Å²) >= 11 is 0. The molecule has 7 nitrogen and oxygen atoms in total. The summed E-state index contributed by atoms with van der Waals surface area (Å²) in [6.07, 6.45) is 2.55. The first kappa shape index (κ1) is 22.2. The van der Waals surface area contributed by atoms with Crippen LogP contribution in [0.15, 0.2) is 12.1 Å². The molecule has 3 rings (SSSR count). The minimum absolute atomic E-state index is 0.0647. The molecule has 166 valence electrons. The molecule has 1 aliphatic carbocycles. The third kappa shape index (κ3) is 5.79. The Morgan fingerprint density at radius 1 is 1.30 bits per heavy atom. The molecule has 0 radical (unpaired) electrons. The molecule has 2 fully saturated rings. The van der Waals surface area contributed by atoms with Gasteiger partial charge in [-0.25, -0.2) is 18.6 Å². The number of esters is 1. The number of nitrogens with one attached hydrogen (secondary N) is 1. The van der Waals surface area contributed by atoms with Crippen molar-refractivity contribution in [2.75, 3.05) is 31.2 Å². The van der Waals surface area contributed by atoms with Crippen molar-refractivity contribution in [3.05, 3.63) is 17.8 Å². The Labute approximate surface area is 175 Å². The van der Waals surface area contributed by atoms with E-state index in [-0.39, 0.29) is 24.1 Å². The lowest BCUT2D eigenvalue weighted by molar-refractivity contribution is -0.145. The molecular weight excluding hydrogens is 396 g/mol. The number of rotatable bonds is 10. The first-order chi connectivity index (χ1) is 14.2.